The predicted molar refractivity (Wildman–Crippen MR) is 132 cm³/mol. The van der Waals surface area contributed by atoms with Crippen LogP contribution in [0.4, 0.5) is 20.3 Å². The fraction of sp³-hybridized carbons (Fsp3) is 0.231. The third-order valence-corrected chi connectivity index (χ3v) is 5.63. The van der Waals surface area contributed by atoms with Gasteiger partial charge in [-0.2, -0.15) is 0 Å². The van der Waals surface area contributed by atoms with Crippen molar-refractivity contribution >= 4 is 34.1 Å². The fourth-order valence-corrected chi connectivity index (χ4v) is 3.71. The second-order valence-corrected chi connectivity index (χ2v) is 8.44. The van der Waals surface area contributed by atoms with Gasteiger partial charge in [0.2, 0.25) is 5.88 Å². The summed E-state index contributed by atoms with van der Waals surface area (Å²) in [6.07, 6.45) is 1.47. The van der Waals surface area contributed by atoms with E-state index in [2.05, 4.69) is 20.3 Å². The highest BCUT2D eigenvalue weighted by molar-refractivity contribution is 6.01. The molecule has 0 saturated carbocycles. The quantitative estimate of drug-likeness (QED) is 0.345. The number of Topliss-reactive ketones (excluding diaryl/α,β-unsaturated/α-hetero) is 1. The predicted octanol–water partition coefficient (Wildman–Crippen LogP) is 5.30. The number of benzene rings is 2. The summed E-state index contributed by atoms with van der Waals surface area (Å²) in [5, 5.41) is 3.09. The molecule has 1 amide bonds. The number of nitrogens with one attached hydrogen (secondary N) is 2. The molecule has 8 nitrogen and oxygen atoms in total. The van der Waals surface area contributed by atoms with Gasteiger partial charge in [0, 0.05) is 42.8 Å². The third-order valence-electron chi connectivity index (χ3n) is 5.63. The summed E-state index contributed by atoms with van der Waals surface area (Å²) in [4.78, 5) is 37.1. The lowest BCUT2D eigenvalue weighted by atomic mass is 10.1. The van der Waals surface area contributed by atoms with Gasteiger partial charge in [-0.3, -0.25) is 9.59 Å². The molecule has 0 unspecified atom stereocenters. The number of halogens is 2. The maximum atomic E-state index is 15.2. The number of H-pyrrole nitrogens is 1. The Labute approximate surface area is 206 Å². The molecule has 2 aromatic carbocycles. The number of carbonyl (C=O) groups excluding carboxylic acids is 2. The Hall–Kier alpha value is -4.34. The van der Waals surface area contributed by atoms with Gasteiger partial charge in [-0.05, 0) is 44.5 Å². The summed E-state index contributed by atoms with van der Waals surface area (Å²) in [5.41, 5.74) is 2.01. The average Bonchev–Trinajstić information content (AvgIpc) is 3.25. The first-order chi connectivity index (χ1) is 17.2. The van der Waals surface area contributed by atoms with E-state index in [0.717, 1.165) is 18.0 Å². The molecule has 0 fully saturated rings. The van der Waals surface area contributed by atoms with Crippen LogP contribution < -0.4 is 10.1 Å². The molecule has 4 aromatic rings. The maximum Gasteiger partial charge on any atom is 0.262 e. The van der Waals surface area contributed by atoms with E-state index in [1.165, 1.54) is 17.9 Å². The first-order valence-electron chi connectivity index (χ1n) is 11.3. The minimum atomic E-state index is -0.785. The molecule has 0 aliphatic carbocycles. The Morgan fingerprint density at radius 2 is 1.86 bits per heavy atom. The lowest BCUT2D eigenvalue weighted by Gasteiger charge is -2.19. The molecular weight excluding hydrogens is 468 g/mol. The van der Waals surface area contributed by atoms with Crippen molar-refractivity contribution in [1.29, 1.82) is 0 Å². The normalized spacial score (nSPS) is 10.9. The Morgan fingerprint density at radius 1 is 1.14 bits per heavy atom. The van der Waals surface area contributed by atoms with Crippen molar-refractivity contribution in [2.75, 3.05) is 18.9 Å². The summed E-state index contributed by atoms with van der Waals surface area (Å²) in [5.74, 6) is -2.42. The number of ether oxygens (including phenoxy) is 1. The first-order valence-corrected chi connectivity index (χ1v) is 11.3. The van der Waals surface area contributed by atoms with Crippen LogP contribution in [0.3, 0.4) is 0 Å². The van der Waals surface area contributed by atoms with E-state index >= 15 is 4.39 Å². The molecule has 186 valence electrons. The lowest BCUT2D eigenvalue weighted by Crippen LogP contribution is -2.28. The van der Waals surface area contributed by atoms with E-state index in [0.29, 0.717) is 24.3 Å². The van der Waals surface area contributed by atoms with Crippen LogP contribution in [-0.2, 0) is 11.2 Å². The number of hydrogen-bond donors (Lipinski definition) is 2. The Morgan fingerprint density at radius 3 is 2.53 bits per heavy atom. The van der Waals surface area contributed by atoms with E-state index in [9.17, 15) is 14.0 Å². The van der Waals surface area contributed by atoms with Crippen molar-refractivity contribution in [3.8, 4) is 11.6 Å². The van der Waals surface area contributed by atoms with Crippen LogP contribution in [0.1, 0.15) is 35.5 Å². The Kier molecular flexibility index (Phi) is 6.96. The molecule has 2 heterocycles. The van der Waals surface area contributed by atoms with Gasteiger partial charge in [0.05, 0.1) is 5.52 Å². The van der Waals surface area contributed by atoms with Crippen LogP contribution in [0.15, 0.2) is 42.7 Å². The fourth-order valence-electron chi connectivity index (χ4n) is 3.71. The highest BCUT2D eigenvalue weighted by Gasteiger charge is 2.25. The molecule has 0 spiro atoms. The van der Waals surface area contributed by atoms with Crippen molar-refractivity contribution in [3.63, 3.8) is 0 Å². The molecule has 0 radical (unpaired) electrons. The molecule has 0 bridgehead atoms. The zero-order valence-corrected chi connectivity index (χ0v) is 20.3. The molecule has 36 heavy (non-hydrogen) atoms. The Bertz CT molecular complexity index is 1450. The van der Waals surface area contributed by atoms with Gasteiger partial charge in [0.25, 0.3) is 5.91 Å². The highest BCUT2D eigenvalue weighted by atomic mass is 19.1. The Balaban J connectivity index is 1.75. The van der Waals surface area contributed by atoms with Crippen LogP contribution in [0.2, 0.25) is 0 Å². The number of carbonyl (C=O) groups is 2. The highest BCUT2D eigenvalue weighted by Crippen LogP contribution is 2.35. The van der Waals surface area contributed by atoms with Crippen molar-refractivity contribution in [3.05, 3.63) is 71.2 Å². The van der Waals surface area contributed by atoms with Crippen molar-refractivity contribution < 1.29 is 23.1 Å². The van der Waals surface area contributed by atoms with Crippen LogP contribution in [0, 0.1) is 18.6 Å². The van der Waals surface area contributed by atoms with Crippen molar-refractivity contribution in [1.82, 2.24) is 19.9 Å². The summed E-state index contributed by atoms with van der Waals surface area (Å²) >= 11 is 0. The van der Waals surface area contributed by atoms with Crippen molar-refractivity contribution in [2.45, 2.75) is 27.2 Å². The molecule has 4 rings (SSSR count). The minimum Gasteiger partial charge on any atom is -0.435 e. The molecule has 0 aliphatic heterocycles. The van der Waals surface area contributed by atoms with Gasteiger partial charge in [-0.15, -0.1) is 0 Å². The van der Waals surface area contributed by atoms with Gasteiger partial charge in [0.15, 0.2) is 23.2 Å². The van der Waals surface area contributed by atoms with Crippen LogP contribution in [-0.4, -0.2) is 45.1 Å². The van der Waals surface area contributed by atoms with Gasteiger partial charge < -0.3 is 19.9 Å². The molecule has 0 saturated heterocycles. The van der Waals surface area contributed by atoms with Gasteiger partial charge in [0.1, 0.15) is 17.7 Å². The summed E-state index contributed by atoms with van der Waals surface area (Å²) in [6, 6.07) is 9.45. The molecule has 2 aromatic heterocycles. The number of ketones is 1. The minimum absolute atomic E-state index is 0.0256. The average molecular weight is 494 g/mol. The van der Waals surface area contributed by atoms with E-state index in [1.54, 1.807) is 45.2 Å². The van der Waals surface area contributed by atoms with Crippen LogP contribution >= 0.6 is 0 Å². The van der Waals surface area contributed by atoms with Gasteiger partial charge in [-0.25, -0.2) is 18.7 Å². The monoisotopic (exact) mass is 493 g/mol. The molecule has 2 N–H and O–H groups in total. The number of aromatic nitrogens is 3. The number of amides is 1. The smallest absolute Gasteiger partial charge is 0.262 e. The van der Waals surface area contributed by atoms with E-state index in [4.69, 9.17) is 4.74 Å². The number of fused-ring (bicyclic) bond motifs is 1. The zero-order chi connectivity index (χ0) is 26.0. The third kappa shape index (κ3) is 5.02. The van der Waals surface area contributed by atoms with E-state index in [1.807, 2.05) is 0 Å². The first kappa shape index (κ1) is 24.8. The SMILES string of the molecule is CCN(C)C(=O)c1c(Nc2ccc(CC(C)=O)cc2)ncnc1Oc1cc(F)c2[nH]c(C)cc2c1F. The summed E-state index contributed by atoms with van der Waals surface area (Å²) < 4.78 is 35.5. The zero-order valence-electron chi connectivity index (χ0n) is 20.3. The number of anilines is 2. The topological polar surface area (TPSA) is 100 Å². The number of hydrogen-bond acceptors (Lipinski definition) is 6. The standard InChI is InChI=1S/C26H25F2N5O3/c1-5-33(4)26(35)21-24(32-17-8-6-16(7-9-17)11-15(3)34)29-13-30-25(21)36-20-12-19(27)23-18(22(20)28)10-14(2)31-23/h6-10,12-13,31H,5,11H2,1-4H3,(H,29,30,32). The summed E-state index contributed by atoms with van der Waals surface area (Å²) in [6.45, 7) is 5.37. The molecule has 0 aliphatic rings. The van der Waals surface area contributed by atoms with Gasteiger partial charge in [-0.1, -0.05) is 12.1 Å². The van der Waals surface area contributed by atoms with Crippen molar-refractivity contribution in [2.24, 2.45) is 0 Å². The van der Waals surface area contributed by atoms with Crippen LogP contribution in [0.25, 0.3) is 10.9 Å². The lowest BCUT2D eigenvalue weighted by molar-refractivity contribution is -0.116. The van der Waals surface area contributed by atoms with Crippen LogP contribution in [0.5, 0.6) is 11.6 Å². The number of aromatic amines is 1. The summed E-state index contributed by atoms with van der Waals surface area (Å²) in [7, 11) is 1.59. The largest absolute Gasteiger partial charge is 0.435 e. The maximum absolute atomic E-state index is 15.2. The number of nitrogens with zero attached hydrogens (tertiary/aromatic N) is 3. The molecular formula is C26H25F2N5O3. The van der Waals surface area contributed by atoms with E-state index in [-0.39, 0.29) is 33.9 Å². The second-order valence-electron chi connectivity index (χ2n) is 8.44. The van der Waals surface area contributed by atoms with E-state index < -0.39 is 23.3 Å². The molecule has 0 atom stereocenters. The van der Waals surface area contributed by atoms with Gasteiger partial charge >= 0.3 is 0 Å². The number of rotatable bonds is 8. The second kappa shape index (κ2) is 10.1. The number of aryl methyl sites for hydroxylation is 1. The molecule has 10 heteroatoms.